The lowest BCUT2D eigenvalue weighted by atomic mass is 10.0. The fourth-order valence-corrected chi connectivity index (χ4v) is 2.40. The molecule has 0 aromatic heterocycles. The highest BCUT2D eigenvalue weighted by atomic mass is 79.9. The van der Waals surface area contributed by atoms with E-state index in [1.54, 1.807) is 6.07 Å². The molecule has 2 aromatic rings. The second-order valence-corrected chi connectivity index (χ2v) is 5.90. The van der Waals surface area contributed by atoms with E-state index < -0.39 is 6.04 Å². The van der Waals surface area contributed by atoms with Crippen molar-refractivity contribution >= 4 is 39.2 Å². The third-order valence-electron chi connectivity index (χ3n) is 3.08. The van der Waals surface area contributed by atoms with Gasteiger partial charge in [-0.05, 0) is 46.6 Å². The quantitative estimate of drug-likeness (QED) is 0.792. The average Bonchev–Trinajstić information content (AvgIpc) is 2.48. The summed E-state index contributed by atoms with van der Waals surface area (Å²) in [6, 6.07) is 12.6. The van der Waals surface area contributed by atoms with Crippen LogP contribution in [0.4, 0.5) is 5.69 Å². The maximum Gasteiger partial charge on any atom is 0.332 e. The van der Waals surface area contributed by atoms with Gasteiger partial charge in [-0.25, -0.2) is 4.79 Å². The van der Waals surface area contributed by atoms with E-state index in [1.165, 1.54) is 7.11 Å². The summed E-state index contributed by atoms with van der Waals surface area (Å²) in [6.07, 6.45) is 0. The molecule has 0 aliphatic heterocycles. The number of rotatable bonds is 4. The van der Waals surface area contributed by atoms with Gasteiger partial charge >= 0.3 is 5.97 Å². The number of benzene rings is 2. The van der Waals surface area contributed by atoms with Gasteiger partial charge in [0.1, 0.15) is 0 Å². The Morgan fingerprint density at radius 2 is 1.90 bits per heavy atom. The van der Waals surface area contributed by atoms with Crippen LogP contribution < -0.4 is 5.32 Å². The topological polar surface area (TPSA) is 38.3 Å². The highest BCUT2D eigenvalue weighted by Gasteiger charge is 2.21. The number of nitrogens with one attached hydrogen (secondary N) is 1. The first-order valence-corrected chi connectivity index (χ1v) is 7.54. The molecular weight excluding hydrogens is 354 g/mol. The highest BCUT2D eigenvalue weighted by molar-refractivity contribution is 9.10. The van der Waals surface area contributed by atoms with Crippen LogP contribution in [0.5, 0.6) is 0 Å². The largest absolute Gasteiger partial charge is 0.467 e. The number of esters is 1. The molecule has 0 heterocycles. The normalized spacial score (nSPS) is 11.8. The SMILES string of the molecule is COC(=O)C(Nc1ccc(Cl)c(Br)c1)c1ccc(C)cc1. The fraction of sp³-hybridized carbons (Fsp3) is 0.188. The third-order valence-corrected chi connectivity index (χ3v) is 4.29. The van der Waals surface area contributed by atoms with Crippen LogP contribution in [0, 0.1) is 6.92 Å². The Balaban J connectivity index is 2.30. The van der Waals surface area contributed by atoms with Crippen molar-refractivity contribution in [3.63, 3.8) is 0 Å². The van der Waals surface area contributed by atoms with Crippen molar-refractivity contribution in [2.24, 2.45) is 0 Å². The summed E-state index contributed by atoms with van der Waals surface area (Å²) in [4.78, 5) is 12.0. The Labute approximate surface area is 137 Å². The van der Waals surface area contributed by atoms with E-state index in [1.807, 2.05) is 43.3 Å². The van der Waals surface area contributed by atoms with E-state index in [0.717, 1.165) is 21.3 Å². The number of halogens is 2. The highest BCUT2D eigenvalue weighted by Crippen LogP contribution is 2.28. The van der Waals surface area contributed by atoms with Gasteiger partial charge in [0, 0.05) is 10.2 Å². The number of methoxy groups -OCH3 is 1. The minimum atomic E-state index is -0.566. The zero-order valence-corrected chi connectivity index (χ0v) is 14.0. The van der Waals surface area contributed by atoms with Crippen molar-refractivity contribution in [3.8, 4) is 0 Å². The predicted molar refractivity (Wildman–Crippen MR) is 88.7 cm³/mol. The molecule has 0 amide bonds. The van der Waals surface area contributed by atoms with Crippen molar-refractivity contribution in [2.75, 3.05) is 12.4 Å². The molecule has 1 N–H and O–H groups in total. The van der Waals surface area contributed by atoms with E-state index >= 15 is 0 Å². The van der Waals surface area contributed by atoms with Crippen molar-refractivity contribution < 1.29 is 9.53 Å². The second kappa shape index (κ2) is 6.96. The van der Waals surface area contributed by atoms with Crippen LogP contribution in [-0.2, 0) is 9.53 Å². The van der Waals surface area contributed by atoms with Crippen molar-refractivity contribution in [3.05, 3.63) is 63.1 Å². The summed E-state index contributed by atoms with van der Waals surface area (Å²) in [5.74, 6) is -0.343. The number of carbonyl (C=O) groups is 1. The summed E-state index contributed by atoms with van der Waals surface area (Å²) in [6.45, 7) is 2.00. The third kappa shape index (κ3) is 3.99. The van der Waals surface area contributed by atoms with Gasteiger partial charge in [0.05, 0.1) is 12.1 Å². The molecule has 1 unspecified atom stereocenters. The Bertz CT molecular complexity index is 643. The van der Waals surface area contributed by atoms with Crippen LogP contribution in [0.15, 0.2) is 46.9 Å². The molecule has 1 atom stereocenters. The summed E-state index contributed by atoms with van der Waals surface area (Å²) in [7, 11) is 1.38. The average molecular weight is 369 g/mol. The van der Waals surface area contributed by atoms with Crippen molar-refractivity contribution in [1.29, 1.82) is 0 Å². The van der Waals surface area contributed by atoms with Crippen LogP contribution in [-0.4, -0.2) is 13.1 Å². The molecule has 0 aliphatic carbocycles. The van der Waals surface area contributed by atoms with Crippen LogP contribution >= 0.6 is 27.5 Å². The predicted octanol–water partition coefficient (Wildman–Crippen LogP) is 4.74. The number of aryl methyl sites for hydroxylation is 1. The van der Waals surface area contributed by atoms with Crippen LogP contribution in [0.25, 0.3) is 0 Å². The van der Waals surface area contributed by atoms with Crippen molar-refractivity contribution in [1.82, 2.24) is 0 Å². The van der Waals surface area contributed by atoms with Gasteiger partial charge in [0.25, 0.3) is 0 Å². The Hall–Kier alpha value is -1.52. The molecule has 0 spiro atoms. The van der Waals surface area contributed by atoms with Gasteiger partial charge in [0.2, 0.25) is 0 Å². The molecule has 0 saturated heterocycles. The molecule has 0 radical (unpaired) electrons. The van der Waals surface area contributed by atoms with Gasteiger partial charge in [-0.1, -0.05) is 41.4 Å². The molecule has 5 heteroatoms. The summed E-state index contributed by atoms with van der Waals surface area (Å²) in [5.41, 5.74) is 2.76. The molecule has 0 fully saturated rings. The van der Waals surface area contributed by atoms with Gasteiger partial charge in [-0.2, -0.15) is 0 Å². The number of carbonyl (C=O) groups excluding carboxylic acids is 1. The van der Waals surface area contributed by atoms with E-state index in [4.69, 9.17) is 16.3 Å². The number of hydrogen-bond donors (Lipinski definition) is 1. The van der Waals surface area contributed by atoms with E-state index in [0.29, 0.717) is 5.02 Å². The van der Waals surface area contributed by atoms with Crippen LogP contribution in [0.2, 0.25) is 5.02 Å². The maximum absolute atomic E-state index is 12.0. The summed E-state index contributed by atoms with van der Waals surface area (Å²) >= 11 is 9.34. The Morgan fingerprint density at radius 3 is 2.48 bits per heavy atom. The first kappa shape index (κ1) is 15.9. The molecular formula is C16H15BrClNO2. The van der Waals surface area contributed by atoms with E-state index in [-0.39, 0.29) is 5.97 Å². The van der Waals surface area contributed by atoms with Crippen molar-refractivity contribution in [2.45, 2.75) is 13.0 Å². The zero-order chi connectivity index (χ0) is 15.4. The molecule has 2 aromatic carbocycles. The number of anilines is 1. The summed E-state index contributed by atoms with van der Waals surface area (Å²) in [5, 5.41) is 3.79. The lowest BCUT2D eigenvalue weighted by Crippen LogP contribution is -2.22. The molecule has 3 nitrogen and oxygen atoms in total. The molecule has 2 rings (SSSR count). The first-order valence-electron chi connectivity index (χ1n) is 6.37. The monoisotopic (exact) mass is 367 g/mol. The number of ether oxygens (including phenoxy) is 1. The molecule has 110 valence electrons. The van der Waals surface area contributed by atoms with Gasteiger partial charge in [-0.3, -0.25) is 0 Å². The van der Waals surface area contributed by atoms with Gasteiger partial charge in [-0.15, -0.1) is 0 Å². The van der Waals surface area contributed by atoms with Gasteiger partial charge in [0.15, 0.2) is 6.04 Å². The van der Waals surface area contributed by atoms with Gasteiger partial charge < -0.3 is 10.1 Å². The van der Waals surface area contributed by atoms with Crippen LogP contribution in [0.1, 0.15) is 17.2 Å². The standard InChI is InChI=1S/C16H15BrClNO2/c1-10-3-5-11(6-4-10)15(16(20)21-2)19-12-7-8-14(18)13(17)9-12/h3-9,15,19H,1-2H3. The minimum Gasteiger partial charge on any atom is -0.467 e. The maximum atomic E-state index is 12.0. The molecule has 21 heavy (non-hydrogen) atoms. The lowest BCUT2D eigenvalue weighted by Gasteiger charge is -2.18. The lowest BCUT2D eigenvalue weighted by molar-refractivity contribution is -0.141. The minimum absolute atomic E-state index is 0.343. The van der Waals surface area contributed by atoms with E-state index in [2.05, 4.69) is 21.2 Å². The Kier molecular flexibility index (Phi) is 5.26. The molecule has 0 saturated carbocycles. The smallest absolute Gasteiger partial charge is 0.332 e. The molecule has 0 bridgehead atoms. The first-order chi connectivity index (χ1) is 10.0. The van der Waals surface area contributed by atoms with Crippen LogP contribution in [0.3, 0.4) is 0 Å². The fourth-order valence-electron chi connectivity index (χ4n) is 1.91. The second-order valence-electron chi connectivity index (χ2n) is 4.64. The number of hydrogen-bond acceptors (Lipinski definition) is 3. The summed E-state index contributed by atoms with van der Waals surface area (Å²) < 4.78 is 5.65. The van der Waals surface area contributed by atoms with E-state index in [9.17, 15) is 4.79 Å². The Morgan fingerprint density at radius 1 is 1.24 bits per heavy atom. The zero-order valence-electron chi connectivity index (χ0n) is 11.7. The molecule has 0 aliphatic rings.